The number of piperidine rings is 1. The average molecular weight is 298 g/mol. The minimum atomic E-state index is -0.431. The number of rotatable bonds is 3. The van der Waals surface area contributed by atoms with E-state index in [4.69, 9.17) is 5.26 Å². The minimum absolute atomic E-state index is 0.0155. The first-order valence-electron chi connectivity index (χ1n) is 6.96. The Balaban J connectivity index is 1.79. The number of nitro benzene ring substituents is 1. The van der Waals surface area contributed by atoms with E-state index in [-0.39, 0.29) is 11.7 Å². The zero-order valence-corrected chi connectivity index (χ0v) is 11.8. The molecule has 0 atom stereocenters. The van der Waals surface area contributed by atoms with E-state index in [2.05, 4.69) is 10.1 Å². The molecule has 2 heterocycles. The lowest BCUT2D eigenvalue weighted by atomic mass is 10.0. The molecule has 1 aliphatic rings. The van der Waals surface area contributed by atoms with Gasteiger partial charge in [0.25, 0.3) is 5.69 Å². The van der Waals surface area contributed by atoms with Crippen molar-refractivity contribution < 1.29 is 4.92 Å². The molecule has 0 spiro atoms. The van der Waals surface area contributed by atoms with Crippen LogP contribution in [0.1, 0.15) is 24.4 Å². The number of anilines is 1. The van der Waals surface area contributed by atoms with Crippen molar-refractivity contribution in [2.45, 2.75) is 18.9 Å². The molecule has 0 aliphatic carbocycles. The summed E-state index contributed by atoms with van der Waals surface area (Å²) in [4.78, 5) is 16.7. The number of nitrogens with zero attached hydrogens (tertiary/aromatic N) is 6. The van der Waals surface area contributed by atoms with Gasteiger partial charge in [-0.25, -0.2) is 9.67 Å². The molecule has 3 rings (SSSR count). The van der Waals surface area contributed by atoms with Crippen LogP contribution in [0.4, 0.5) is 11.4 Å². The Morgan fingerprint density at radius 1 is 1.36 bits per heavy atom. The Bertz CT molecular complexity index is 713. The zero-order chi connectivity index (χ0) is 15.5. The van der Waals surface area contributed by atoms with Gasteiger partial charge >= 0.3 is 0 Å². The average Bonchev–Trinajstić information content (AvgIpc) is 3.09. The van der Waals surface area contributed by atoms with Crippen LogP contribution in [0.15, 0.2) is 30.9 Å². The standard InChI is InChI=1S/C14H14N6O2/c15-8-11-1-2-13(14(7-11)20(21)22)18-5-3-12(4-6-18)19-10-16-9-17-19/h1-2,7,9-10,12H,3-6H2. The topological polar surface area (TPSA) is 101 Å². The van der Waals surface area contributed by atoms with Gasteiger partial charge in [-0.05, 0) is 25.0 Å². The largest absolute Gasteiger partial charge is 0.366 e. The summed E-state index contributed by atoms with van der Waals surface area (Å²) in [6.45, 7) is 1.41. The molecule has 112 valence electrons. The van der Waals surface area contributed by atoms with Crippen LogP contribution in [0.25, 0.3) is 0 Å². The zero-order valence-electron chi connectivity index (χ0n) is 11.8. The van der Waals surface area contributed by atoms with Crippen LogP contribution in [-0.4, -0.2) is 32.8 Å². The van der Waals surface area contributed by atoms with Crippen molar-refractivity contribution in [3.63, 3.8) is 0 Å². The van der Waals surface area contributed by atoms with Gasteiger partial charge in [0.2, 0.25) is 0 Å². The van der Waals surface area contributed by atoms with Crippen LogP contribution in [0.2, 0.25) is 0 Å². The van der Waals surface area contributed by atoms with Crippen LogP contribution in [0, 0.1) is 21.4 Å². The van der Waals surface area contributed by atoms with Gasteiger partial charge in [-0.3, -0.25) is 10.1 Å². The molecule has 0 radical (unpaired) electrons. The van der Waals surface area contributed by atoms with Gasteiger partial charge in [0.1, 0.15) is 18.3 Å². The molecule has 8 heteroatoms. The second-order valence-electron chi connectivity index (χ2n) is 5.17. The predicted octanol–water partition coefficient (Wildman–Crippen LogP) is 1.90. The van der Waals surface area contributed by atoms with Gasteiger partial charge in [0, 0.05) is 19.2 Å². The first-order chi connectivity index (χ1) is 10.7. The number of hydrogen-bond donors (Lipinski definition) is 0. The highest BCUT2D eigenvalue weighted by atomic mass is 16.6. The second kappa shape index (κ2) is 5.81. The van der Waals surface area contributed by atoms with Crippen molar-refractivity contribution in [2.75, 3.05) is 18.0 Å². The van der Waals surface area contributed by atoms with Gasteiger partial charge in [-0.15, -0.1) is 0 Å². The van der Waals surface area contributed by atoms with E-state index in [1.807, 2.05) is 15.7 Å². The van der Waals surface area contributed by atoms with Crippen LogP contribution < -0.4 is 4.90 Å². The Labute approximate surface area is 126 Å². The fourth-order valence-corrected chi connectivity index (χ4v) is 2.78. The van der Waals surface area contributed by atoms with Crippen LogP contribution in [0.5, 0.6) is 0 Å². The van der Waals surface area contributed by atoms with Crippen LogP contribution in [-0.2, 0) is 0 Å². The van der Waals surface area contributed by atoms with Crippen molar-refractivity contribution in [3.05, 3.63) is 46.5 Å². The smallest absolute Gasteiger partial charge is 0.293 e. The fraction of sp³-hybridized carbons (Fsp3) is 0.357. The van der Waals surface area contributed by atoms with E-state index in [1.165, 1.54) is 12.4 Å². The van der Waals surface area contributed by atoms with Crippen molar-refractivity contribution in [3.8, 4) is 6.07 Å². The number of nitro groups is 1. The summed E-state index contributed by atoms with van der Waals surface area (Å²) in [6, 6.07) is 6.82. The Hall–Kier alpha value is -2.95. The number of aromatic nitrogens is 3. The van der Waals surface area contributed by atoms with Crippen LogP contribution in [0.3, 0.4) is 0 Å². The third-order valence-electron chi connectivity index (χ3n) is 3.92. The first-order valence-corrected chi connectivity index (χ1v) is 6.96. The molecule has 8 nitrogen and oxygen atoms in total. The fourth-order valence-electron chi connectivity index (χ4n) is 2.78. The summed E-state index contributed by atoms with van der Waals surface area (Å²) in [6.07, 6.45) is 4.91. The summed E-state index contributed by atoms with van der Waals surface area (Å²) < 4.78 is 1.84. The Kier molecular flexibility index (Phi) is 3.70. The molecule has 1 aromatic carbocycles. The molecule has 1 aliphatic heterocycles. The highest BCUT2D eigenvalue weighted by molar-refractivity contribution is 5.65. The SMILES string of the molecule is N#Cc1ccc(N2CCC(n3cncn3)CC2)c([N+](=O)[O-])c1. The molecule has 1 fully saturated rings. The maximum absolute atomic E-state index is 11.2. The summed E-state index contributed by atoms with van der Waals surface area (Å²) in [5.41, 5.74) is 0.854. The molecule has 0 amide bonds. The highest BCUT2D eigenvalue weighted by Crippen LogP contribution is 2.33. The lowest BCUT2D eigenvalue weighted by molar-refractivity contribution is -0.384. The van der Waals surface area contributed by atoms with E-state index < -0.39 is 4.92 Å². The van der Waals surface area contributed by atoms with Crippen molar-refractivity contribution in [1.29, 1.82) is 5.26 Å². The monoisotopic (exact) mass is 298 g/mol. The van der Waals surface area contributed by atoms with Gasteiger partial charge in [-0.2, -0.15) is 10.4 Å². The first kappa shape index (κ1) is 14.0. The summed E-state index contributed by atoms with van der Waals surface area (Å²) in [5.74, 6) is 0. The maximum atomic E-state index is 11.2. The van der Waals surface area contributed by atoms with Crippen molar-refractivity contribution >= 4 is 11.4 Å². The van der Waals surface area contributed by atoms with Crippen LogP contribution >= 0.6 is 0 Å². The Morgan fingerprint density at radius 3 is 2.73 bits per heavy atom. The molecule has 1 aromatic heterocycles. The van der Waals surface area contributed by atoms with Crippen molar-refractivity contribution in [1.82, 2.24) is 14.8 Å². The molecule has 1 saturated heterocycles. The molecule has 0 bridgehead atoms. The molecule has 0 N–H and O–H groups in total. The van der Waals surface area contributed by atoms with E-state index in [1.54, 1.807) is 18.5 Å². The Morgan fingerprint density at radius 2 is 2.14 bits per heavy atom. The van der Waals surface area contributed by atoms with Crippen molar-refractivity contribution in [2.24, 2.45) is 0 Å². The molecular formula is C14H14N6O2. The molecular weight excluding hydrogens is 284 g/mol. The van der Waals surface area contributed by atoms with E-state index in [0.717, 1.165) is 12.8 Å². The summed E-state index contributed by atoms with van der Waals surface area (Å²) >= 11 is 0. The van der Waals surface area contributed by atoms with Gasteiger partial charge < -0.3 is 4.90 Å². The number of benzene rings is 1. The highest BCUT2D eigenvalue weighted by Gasteiger charge is 2.26. The van der Waals surface area contributed by atoms with Gasteiger partial charge in [0.15, 0.2) is 0 Å². The summed E-state index contributed by atoms with van der Waals surface area (Å²) in [5, 5.41) is 24.3. The number of nitriles is 1. The van der Waals surface area contributed by atoms with Gasteiger partial charge in [0.05, 0.1) is 22.6 Å². The molecule has 0 unspecified atom stereocenters. The van der Waals surface area contributed by atoms with E-state index in [9.17, 15) is 10.1 Å². The number of hydrogen-bond acceptors (Lipinski definition) is 6. The second-order valence-corrected chi connectivity index (χ2v) is 5.17. The molecule has 22 heavy (non-hydrogen) atoms. The van der Waals surface area contributed by atoms with E-state index in [0.29, 0.717) is 24.3 Å². The molecule has 0 saturated carbocycles. The lowest BCUT2D eigenvalue weighted by Crippen LogP contribution is -2.35. The minimum Gasteiger partial charge on any atom is -0.366 e. The quantitative estimate of drug-likeness (QED) is 0.633. The predicted molar refractivity (Wildman–Crippen MR) is 78.3 cm³/mol. The lowest BCUT2D eigenvalue weighted by Gasteiger charge is -2.33. The summed E-state index contributed by atoms with van der Waals surface area (Å²) in [7, 11) is 0. The van der Waals surface area contributed by atoms with E-state index >= 15 is 0 Å². The maximum Gasteiger partial charge on any atom is 0.293 e. The molecule has 2 aromatic rings. The third-order valence-corrected chi connectivity index (χ3v) is 3.92. The van der Waals surface area contributed by atoms with Gasteiger partial charge in [-0.1, -0.05) is 0 Å². The third kappa shape index (κ3) is 2.61. The normalized spacial score (nSPS) is 15.5.